The van der Waals surface area contributed by atoms with E-state index in [0.29, 0.717) is 11.8 Å². The summed E-state index contributed by atoms with van der Waals surface area (Å²) in [6, 6.07) is 1.06. The summed E-state index contributed by atoms with van der Waals surface area (Å²) in [5.41, 5.74) is -0.00654. The van der Waals surface area contributed by atoms with E-state index in [1.54, 1.807) is 0 Å². The average molecular weight is 286 g/mol. The first-order chi connectivity index (χ1) is 8.97. The fourth-order valence-electron chi connectivity index (χ4n) is 2.39. The van der Waals surface area contributed by atoms with Crippen LogP contribution in [0.25, 0.3) is 0 Å². The van der Waals surface area contributed by atoms with Crippen molar-refractivity contribution in [1.82, 2.24) is 4.98 Å². The SMILES string of the molecule is CC1CCC(OC(=O)c2cc(F)cnc2Cl)CC1C. The molecule has 0 saturated heterocycles. The van der Waals surface area contributed by atoms with Crippen molar-refractivity contribution in [2.75, 3.05) is 0 Å². The zero-order valence-electron chi connectivity index (χ0n) is 11.0. The van der Waals surface area contributed by atoms with Crippen molar-refractivity contribution in [3.05, 3.63) is 28.8 Å². The summed E-state index contributed by atoms with van der Waals surface area (Å²) in [6.45, 7) is 4.36. The van der Waals surface area contributed by atoms with Crippen LogP contribution < -0.4 is 0 Å². The molecule has 3 unspecified atom stereocenters. The average Bonchev–Trinajstić information content (AvgIpc) is 2.36. The molecule has 1 aromatic heterocycles. The number of carbonyl (C=O) groups is 1. The third kappa shape index (κ3) is 3.44. The maximum atomic E-state index is 13.1. The van der Waals surface area contributed by atoms with Crippen LogP contribution in [0.15, 0.2) is 12.3 Å². The second kappa shape index (κ2) is 5.87. The van der Waals surface area contributed by atoms with Crippen molar-refractivity contribution in [2.24, 2.45) is 11.8 Å². The topological polar surface area (TPSA) is 39.2 Å². The molecule has 19 heavy (non-hydrogen) atoms. The molecule has 0 bridgehead atoms. The predicted molar refractivity (Wildman–Crippen MR) is 70.6 cm³/mol. The predicted octanol–water partition coefficient (Wildman–Crippen LogP) is 3.86. The number of ether oxygens (including phenoxy) is 1. The summed E-state index contributed by atoms with van der Waals surface area (Å²) in [6.07, 6.45) is 3.58. The molecule has 1 heterocycles. The highest BCUT2D eigenvalue weighted by Gasteiger charge is 2.28. The summed E-state index contributed by atoms with van der Waals surface area (Å²) in [4.78, 5) is 15.6. The lowest BCUT2D eigenvalue weighted by atomic mass is 9.80. The van der Waals surface area contributed by atoms with Crippen LogP contribution in [0, 0.1) is 17.7 Å². The van der Waals surface area contributed by atoms with Crippen LogP contribution in [0.5, 0.6) is 0 Å². The third-order valence-corrected chi connectivity index (χ3v) is 4.15. The highest BCUT2D eigenvalue weighted by Crippen LogP contribution is 2.31. The van der Waals surface area contributed by atoms with E-state index in [-0.39, 0.29) is 16.8 Å². The molecule has 1 fully saturated rings. The van der Waals surface area contributed by atoms with Crippen LogP contribution in [0.4, 0.5) is 4.39 Å². The summed E-state index contributed by atoms with van der Waals surface area (Å²) in [5.74, 6) is -0.0206. The molecular weight excluding hydrogens is 269 g/mol. The molecule has 2 rings (SSSR count). The molecule has 5 heteroatoms. The maximum Gasteiger partial charge on any atom is 0.341 e. The highest BCUT2D eigenvalue weighted by molar-refractivity contribution is 6.32. The van der Waals surface area contributed by atoms with Gasteiger partial charge in [0.1, 0.15) is 17.1 Å². The van der Waals surface area contributed by atoms with Gasteiger partial charge in [-0.15, -0.1) is 0 Å². The number of hydrogen-bond acceptors (Lipinski definition) is 3. The number of carbonyl (C=O) groups excluding carboxylic acids is 1. The van der Waals surface area contributed by atoms with E-state index in [9.17, 15) is 9.18 Å². The van der Waals surface area contributed by atoms with Crippen molar-refractivity contribution in [2.45, 2.75) is 39.2 Å². The van der Waals surface area contributed by atoms with Crippen LogP contribution in [0.3, 0.4) is 0 Å². The maximum absolute atomic E-state index is 13.1. The van der Waals surface area contributed by atoms with Gasteiger partial charge in [0.15, 0.2) is 0 Å². The van der Waals surface area contributed by atoms with Crippen molar-refractivity contribution in [3.8, 4) is 0 Å². The molecule has 0 aliphatic heterocycles. The molecule has 1 aliphatic rings. The zero-order valence-corrected chi connectivity index (χ0v) is 11.8. The monoisotopic (exact) mass is 285 g/mol. The number of halogens is 2. The minimum absolute atomic E-state index is 0.00654. The number of rotatable bonds is 2. The van der Waals surface area contributed by atoms with Crippen LogP contribution in [-0.2, 0) is 4.74 Å². The van der Waals surface area contributed by atoms with Gasteiger partial charge in [0.25, 0.3) is 0 Å². The van der Waals surface area contributed by atoms with E-state index in [1.165, 1.54) is 0 Å². The molecule has 3 nitrogen and oxygen atoms in total. The Bertz CT molecular complexity index is 481. The molecule has 104 valence electrons. The second-order valence-electron chi connectivity index (χ2n) is 5.29. The van der Waals surface area contributed by atoms with Gasteiger partial charge in [0.2, 0.25) is 0 Å². The van der Waals surface area contributed by atoms with E-state index in [0.717, 1.165) is 31.5 Å². The minimum atomic E-state index is -0.595. The Morgan fingerprint density at radius 2 is 2.16 bits per heavy atom. The first-order valence-corrected chi connectivity index (χ1v) is 6.87. The lowest BCUT2D eigenvalue weighted by molar-refractivity contribution is 0.00872. The van der Waals surface area contributed by atoms with Gasteiger partial charge >= 0.3 is 5.97 Å². The normalized spacial score (nSPS) is 27.1. The Morgan fingerprint density at radius 3 is 2.84 bits per heavy atom. The van der Waals surface area contributed by atoms with Gasteiger partial charge in [0.05, 0.1) is 11.8 Å². The number of aromatic nitrogens is 1. The van der Waals surface area contributed by atoms with Crippen LogP contribution in [-0.4, -0.2) is 17.1 Å². The van der Waals surface area contributed by atoms with E-state index >= 15 is 0 Å². The smallest absolute Gasteiger partial charge is 0.341 e. The molecule has 1 saturated carbocycles. The Balaban J connectivity index is 2.03. The number of pyridine rings is 1. The Kier molecular flexibility index (Phi) is 4.40. The summed E-state index contributed by atoms with van der Waals surface area (Å²) in [7, 11) is 0. The van der Waals surface area contributed by atoms with Crippen molar-refractivity contribution in [1.29, 1.82) is 0 Å². The van der Waals surface area contributed by atoms with Gasteiger partial charge in [-0.2, -0.15) is 0 Å². The minimum Gasteiger partial charge on any atom is -0.459 e. The molecule has 3 atom stereocenters. The standard InChI is InChI=1S/C14H17ClFNO2/c1-8-3-4-11(5-9(8)2)19-14(18)12-6-10(16)7-17-13(12)15/h6-9,11H,3-5H2,1-2H3. The van der Waals surface area contributed by atoms with Gasteiger partial charge in [0, 0.05) is 0 Å². The number of esters is 1. The Hall–Kier alpha value is -1.16. The lowest BCUT2D eigenvalue weighted by Gasteiger charge is -2.31. The molecule has 0 aromatic carbocycles. The Morgan fingerprint density at radius 1 is 1.42 bits per heavy atom. The van der Waals surface area contributed by atoms with Crippen LogP contribution in [0.2, 0.25) is 5.15 Å². The number of hydrogen-bond donors (Lipinski definition) is 0. The molecule has 1 aliphatic carbocycles. The molecule has 0 radical (unpaired) electrons. The van der Waals surface area contributed by atoms with Gasteiger partial charge < -0.3 is 4.74 Å². The molecular formula is C14H17ClFNO2. The Labute approximate surface area is 117 Å². The van der Waals surface area contributed by atoms with Crippen LogP contribution in [0.1, 0.15) is 43.5 Å². The first-order valence-electron chi connectivity index (χ1n) is 6.49. The van der Waals surface area contributed by atoms with Crippen LogP contribution >= 0.6 is 11.6 Å². The second-order valence-corrected chi connectivity index (χ2v) is 5.64. The molecule has 0 amide bonds. The lowest BCUT2D eigenvalue weighted by Crippen LogP contribution is -2.28. The quantitative estimate of drug-likeness (QED) is 0.612. The van der Waals surface area contributed by atoms with Crippen molar-refractivity contribution < 1.29 is 13.9 Å². The largest absolute Gasteiger partial charge is 0.459 e. The molecule has 1 aromatic rings. The van der Waals surface area contributed by atoms with E-state index < -0.39 is 11.8 Å². The van der Waals surface area contributed by atoms with Gasteiger partial charge in [-0.3, -0.25) is 0 Å². The van der Waals surface area contributed by atoms with Gasteiger partial charge in [-0.05, 0) is 37.2 Å². The zero-order chi connectivity index (χ0) is 14.0. The van der Waals surface area contributed by atoms with Crippen molar-refractivity contribution in [3.63, 3.8) is 0 Å². The molecule has 0 N–H and O–H groups in total. The van der Waals surface area contributed by atoms with E-state index in [1.807, 2.05) is 0 Å². The summed E-state index contributed by atoms with van der Waals surface area (Å²) >= 11 is 5.78. The van der Waals surface area contributed by atoms with Gasteiger partial charge in [-0.1, -0.05) is 25.4 Å². The fraction of sp³-hybridized carbons (Fsp3) is 0.571. The molecule has 0 spiro atoms. The first kappa shape index (κ1) is 14.3. The third-order valence-electron chi connectivity index (χ3n) is 3.85. The summed E-state index contributed by atoms with van der Waals surface area (Å²) in [5, 5.41) is -0.0244. The van der Waals surface area contributed by atoms with Crippen molar-refractivity contribution >= 4 is 17.6 Å². The fourth-order valence-corrected chi connectivity index (χ4v) is 2.57. The highest BCUT2D eigenvalue weighted by atomic mass is 35.5. The van der Waals surface area contributed by atoms with Gasteiger partial charge in [-0.25, -0.2) is 14.2 Å². The van der Waals surface area contributed by atoms with E-state index in [2.05, 4.69) is 18.8 Å². The summed E-state index contributed by atoms with van der Waals surface area (Å²) < 4.78 is 18.5. The van der Waals surface area contributed by atoms with E-state index in [4.69, 9.17) is 16.3 Å². The number of nitrogens with zero attached hydrogens (tertiary/aromatic N) is 1.